The molecule has 1 aromatic heterocycles. The van der Waals surface area contributed by atoms with Crippen LogP contribution in [0.3, 0.4) is 0 Å². The molecular weight excluding hydrogens is 370 g/mol. The summed E-state index contributed by atoms with van der Waals surface area (Å²) in [5.74, 6) is -0.910. The number of benzene rings is 3. The maximum Gasteiger partial charge on any atom is 0.335 e. The number of rotatable bonds is 4. The second-order valence-electron chi connectivity index (χ2n) is 6.11. The van der Waals surface area contributed by atoms with E-state index in [1.54, 1.807) is 18.2 Å². The van der Waals surface area contributed by atoms with E-state index in [4.69, 9.17) is 5.11 Å². The van der Waals surface area contributed by atoms with Crippen LogP contribution in [0.15, 0.2) is 77.1 Å². The minimum absolute atomic E-state index is 0.0390. The van der Waals surface area contributed by atoms with Gasteiger partial charge in [-0.3, -0.25) is 0 Å². The first-order valence-electron chi connectivity index (χ1n) is 8.53. The minimum atomic E-state index is -1.04. The number of carbonyl (C=O) groups is 1. The lowest BCUT2D eigenvalue weighted by molar-refractivity contribution is 0.0697. The standard InChI is InChI=1S/C21H13N5O3/c22-11-15-12-23-26(16-8-5-14(6-9-16)21(28)29)20(15)25-24-19-17-4-2-1-3-13(17)7-10-18(19)27/h1-10,12,27H,(H,28,29). The summed E-state index contributed by atoms with van der Waals surface area (Å²) in [7, 11) is 0. The van der Waals surface area contributed by atoms with Gasteiger partial charge in [0.2, 0.25) is 0 Å². The van der Waals surface area contributed by atoms with Gasteiger partial charge in [-0.15, -0.1) is 10.2 Å². The van der Waals surface area contributed by atoms with Gasteiger partial charge < -0.3 is 10.2 Å². The summed E-state index contributed by atoms with van der Waals surface area (Å²) < 4.78 is 1.38. The van der Waals surface area contributed by atoms with E-state index >= 15 is 0 Å². The van der Waals surface area contributed by atoms with Crippen LogP contribution >= 0.6 is 0 Å². The zero-order valence-electron chi connectivity index (χ0n) is 14.9. The zero-order chi connectivity index (χ0) is 20.4. The van der Waals surface area contributed by atoms with E-state index in [0.29, 0.717) is 11.1 Å². The molecule has 0 bridgehead atoms. The quantitative estimate of drug-likeness (QED) is 0.494. The highest BCUT2D eigenvalue weighted by Gasteiger charge is 2.14. The van der Waals surface area contributed by atoms with Crippen LogP contribution < -0.4 is 0 Å². The number of aromatic nitrogens is 2. The van der Waals surface area contributed by atoms with E-state index in [1.165, 1.54) is 29.1 Å². The monoisotopic (exact) mass is 383 g/mol. The van der Waals surface area contributed by atoms with Crippen LogP contribution in [-0.2, 0) is 0 Å². The van der Waals surface area contributed by atoms with Gasteiger partial charge in [-0.25, -0.2) is 9.48 Å². The van der Waals surface area contributed by atoms with Crippen molar-refractivity contribution < 1.29 is 15.0 Å². The SMILES string of the molecule is N#Cc1cnn(-c2ccc(C(=O)O)cc2)c1N=Nc1c(O)ccc2ccccc12. The number of nitriles is 1. The Morgan fingerprint density at radius 1 is 1.03 bits per heavy atom. The van der Waals surface area contributed by atoms with E-state index in [1.807, 2.05) is 30.3 Å². The maximum atomic E-state index is 11.0. The lowest BCUT2D eigenvalue weighted by Crippen LogP contribution is -1.99. The Kier molecular flexibility index (Phi) is 4.47. The van der Waals surface area contributed by atoms with Gasteiger partial charge in [-0.05, 0) is 35.7 Å². The van der Waals surface area contributed by atoms with Crippen molar-refractivity contribution in [1.82, 2.24) is 9.78 Å². The molecule has 0 unspecified atom stereocenters. The van der Waals surface area contributed by atoms with Gasteiger partial charge in [0.05, 0.1) is 17.4 Å². The number of hydrogen-bond donors (Lipinski definition) is 2. The van der Waals surface area contributed by atoms with E-state index in [-0.39, 0.29) is 28.4 Å². The highest BCUT2D eigenvalue weighted by molar-refractivity contribution is 5.95. The van der Waals surface area contributed by atoms with Crippen LogP contribution in [0.5, 0.6) is 5.75 Å². The number of nitrogens with zero attached hydrogens (tertiary/aromatic N) is 5. The molecule has 0 atom stereocenters. The average molecular weight is 383 g/mol. The predicted octanol–water partition coefficient (Wildman–Crippen LogP) is 4.72. The first-order valence-corrected chi connectivity index (χ1v) is 8.53. The molecule has 8 heteroatoms. The maximum absolute atomic E-state index is 11.0. The summed E-state index contributed by atoms with van der Waals surface area (Å²) >= 11 is 0. The normalized spacial score (nSPS) is 11.0. The number of aromatic hydroxyl groups is 1. The molecule has 0 aliphatic heterocycles. The number of phenols is 1. The molecular formula is C21H13N5O3. The van der Waals surface area contributed by atoms with Crippen LogP contribution in [0.25, 0.3) is 16.5 Å². The van der Waals surface area contributed by atoms with Crippen LogP contribution in [0, 0.1) is 11.3 Å². The fraction of sp³-hybridized carbons (Fsp3) is 0. The number of fused-ring (bicyclic) bond motifs is 1. The van der Waals surface area contributed by atoms with Crippen molar-refractivity contribution >= 4 is 28.2 Å². The van der Waals surface area contributed by atoms with E-state index in [2.05, 4.69) is 15.3 Å². The molecule has 29 heavy (non-hydrogen) atoms. The van der Waals surface area contributed by atoms with E-state index in [9.17, 15) is 15.2 Å². The smallest absolute Gasteiger partial charge is 0.335 e. The minimum Gasteiger partial charge on any atom is -0.506 e. The van der Waals surface area contributed by atoms with Crippen molar-refractivity contribution in [3.05, 3.63) is 78.0 Å². The van der Waals surface area contributed by atoms with E-state index in [0.717, 1.165) is 5.39 Å². The number of carboxylic acid groups (broad SMARTS) is 1. The molecule has 0 amide bonds. The van der Waals surface area contributed by atoms with Gasteiger partial charge in [-0.1, -0.05) is 30.3 Å². The average Bonchev–Trinajstić information content (AvgIpc) is 3.16. The Morgan fingerprint density at radius 3 is 2.52 bits per heavy atom. The molecule has 0 saturated carbocycles. The first kappa shape index (κ1) is 17.9. The molecule has 4 rings (SSSR count). The highest BCUT2D eigenvalue weighted by atomic mass is 16.4. The second kappa shape index (κ2) is 7.25. The molecule has 3 aromatic carbocycles. The van der Waals surface area contributed by atoms with Gasteiger partial charge in [-0.2, -0.15) is 10.4 Å². The molecule has 8 nitrogen and oxygen atoms in total. The van der Waals surface area contributed by atoms with Gasteiger partial charge in [0.1, 0.15) is 23.1 Å². The highest BCUT2D eigenvalue weighted by Crippen LogP contribution is 2.36. The Bertz CT molecular complexity index is 1300. The Balaban J connectivity index is 1.81. The first-order chi connectivity index (χ1) is 14.1. The summed E-state index contributed by atoms with van der Waals surface area (Å²) in [6, 6.07) is 18.7. The summed E-state index contributed by atoms with van der Waals surface area (Å²) in [6.45, 7) is 0. The summed E-state index contributed by atoms with van der Waals surface area (Å²) in [5, 5.41) is 42.8. The molecule has 0 saturated heterocycles. The second-order valence-corrected chi connectivity index (χ2v) is 6.11. The fourth-order valence-corrected chi connectivity index (χ4v) is 2.90. The third-order valence-corrected chi connectivity index (χ3v) is 4.35. The summed E-state index contributed by atoms with van der Waals surface area (Å²) in [5.41, 5.74) is 1.12. The molecule has 0 aliphatic rings. The Morgan fingerprint density at radius 2 is 1.79 bits per heavy atom. The van der Waals surface area contributed by atoms with Crippen molar-refractivity contribution in [3.8, 4) is 17.5 Å². The van der Waals surface area contributed by atoms with Crippen molar-refractivity contribution in [2.45, 2.75) is 0 Å². The number of aromatic carboxylic acids is 1. The van der Waals surface area contributed by atoms with Crippen LogP contribution in [-0.4, -0.2) is 26.0 Å². The van der Waals surface area contributed by atoms with Crippen molar-refractivity contribution in [1.29, 1.82) is 5.26 Å². The topological polar surface area (TPSA) is 124 Å². The Labute approximate surface area is 164 Å². The Hall–Kier alpha value is -4.51. The molecule has 140 valence electrons. The van der Waals surface area contributed by atoms with Crippen molar-refractivity contribution in [3.63, 3.8) is 0 Å². The fourth-order valence-electron chi connectivity index (χ4n) is 2.90. The van der Waals surface area contributed by atoms with Crippen LogP contribution in [0.1, 0.15) is 15.9 Å². The number of phenolic OH excluding ortho intramolecular Hbond substituents is 1. The molecule has 4 aromatic rings. The number of hydrogen-bond acceptors (Lipinski definition) is 6. The number of carboxylic acids is 1. The van der Waals surface area contributed by atoms with Crippen LogP contribution in [0.4, 0.5) is 11.5 Å². The lowest BCUT2D eigenvalue weighted by Gasteiger charge is -2.06. The summed E-state index contributed by atoms with van der Waals surface area (Å²) in [6.07, 6.45) is 1.35. The third-order valence-electron chi connectivity index (χ3n) is 4.35. The molecule has 0 aliphatic carbocycles. The van der Waals surface area contributed by atoms with Gasteiger partial charge >= 0.3 is 5.97 Å². The molecule has 1 heterocycles. The van der Waals surface area contributed by atoms with Crippen molar-refractivity contribution in [2.75, 3.05) is 0 Å². The largest absolute Gasteiger partial charge is 0.506 e. The molecule has 2 N–H and O–H groups in total. The lowest BCUT2D eigenvalue weighted by atomic mass is 10.1. The van der Waals surface area contributed by atoms with Gasteiger partial charge in [0.15, 0.2) is 5.82 Å². The van der Waals surface area contributed by atoms with Crippen molar-refractivity contribution in [2.24, 2.45) is 10.2 Å². The molecule has 0 spiro atoms. The van der Waals surface area contributed by atoms with Gasteiger partial charge in [0, 0.05) is 5.39 Å². The molecule has 0 fully saturated rings. The summed E-state index contributed by atoms with van der Waals surface area (Å²) in [4.78, 5) is 11.0. The van der Waals surface area contributed by atoms with Gasteiger partial charge in [0.25, 0.3) is 0 Å². The molecule has 0 radical (unpaired) electrons. The zero-order valence-corrected chi connectivity index (χ0v) is 14.9. The van der Waals surface area contributed by atoms with E-state index < -0.39 is 5.97 Å². The predicted molar refractivity (Wildman–Crippen MR) is 105 cm³/mol. The number of azo groups is 1. The van der Waals surface area contributed by atoms with Crippen LogP contribution in [0.2, 0.25) is 0 Å². The third kappa shape index (κ3) is 3.28.